The van der Waals surface area contributed by atoms with Gasteiger partial charge in [0.05, 0.1) is 19.3 Å². The molecular formula is C12H22N2O3. The van der Waals surface area contributed by atoms with Crippen LogP contribution in [0.2, 0.25) is 0 Å². The molecule has 5 nitrogen and oxygen atoms in total. The highest BCUT2D eigenvalue weighted by Crippen LogP contribution is 2.12. The number of nitrogens with one attached hydrogen (secondary N) is 2. The number of amides is 1. The second-order valence-corrected chi connectivity index (χ2v) is 4.84. The van der Waals surface area contributed by atoms with Crippen molar-refractivity contribution in [1.82, 2.24) is 10.6 Å². The van der Waals surface area contributed by atoms with Gasteiger partial charge in [-0.25, -0.2) is 0 Å². The topological polar surface area (TPSA) is 59.6 Å². The number of carbonyl (C=O) groups is 1. The Labute approximate surface area is 102 Å². The molecule has 1 unspecified atom stereocenters. The van der Waals surface area contributed by atoms with Gasteiger partial charge in [0.15, 0.2) is 0 Å². The monoisotopic (exact) mass is 242 g/mol. The second kappa shape index (κ2) is 6.33. The summed E-state index contributed by atoms with van der Waals surface area (Å²) in [5.41, 5.74) is 0. The Bertz CT molecular complexity index is 254. The first-order valence-corrected chi connectivity index (χ1v) is 6.48. The largest absolute Gasteiger partial charge is 0.381 e. The van der Waals surface area contributed by atoms with Gasteiger partial charge >= 0.3 is 0 Å². The quantitative estimate of drug-likeness (QED) is 0.726. The number of rotatable bonds is 3. The lowest BCUT2D eigenvalue weighted by molar-refractivity contribution is -0.129. The number of morpholine rings is 1. The highest BCUT2D eigenvalue weighted by Gasteiger charge is 2.28. The van der Waals surface area contributed by atoms with Gasteiger partial charge in [0, 0.05) is 19.7 Å². The highest BCUT2D eigenvalue weighted by atomic mass is 16.5. The maximum absolute atomic E-state index is 12.0. The third kappa shape index (κ3) is 3.66. The molecule has 2 aliphatic rings. The van der Waals surface area contributed by atoms with Gasteiger partial charge in [-0.2, -0.15) is 0 Å². The van der Waals surface area contributed by atoms with Crippen LogP contribution in [-0.2, 0) is 14.3 Å². The zero-order valence-electron chi connectivity index (χ0n) is 10.4. The molecule has 5 heteroatoms. The van der Waals surface area contributed by atoms with E-state index in [9.17, 15) is 4.79 Å². The van der Waals surface area contributed by atoms with Crippen LogP contribution in [0.3, 0.4) is 0 Å². The van der Waals surface area contributed by atoms with Gasteiger partial charge in [0.25, 0.3) is 0 Å². The van der Waals surface area contributed by atoms with Crippen molar-refractivity contribution in [2.45, 2.75) is 31.9 Å². The number of hydrogen-bond acceptors (Lipinski definition) is 4. The maximum Gasteiger partial charge on any atom is 0.239 e. The van der Waals surface area contributed by atoms with Crippen LogP contribution < -0.4 is 10.6 Å². The number of carbonyl (C=O) groups excluding carboxylic acids is 1. The Morgan fingerprint density at radius 1 is 1.47 bits per heavy atom. The molecule has 2 rings (SSSR count). The summed E-state index contributed by atoms with van der Waals surface area (Å²) in [5, 5.41) is 6.18. The van der Waals surface area contributed by atoms with Gasteiger partial charge in [-0.15, -0.1) is 0 Å². The third-order valence-electron chi connectivity index (χ3n) is 3.42. The van der Waals surface area contributed by atoms with Gasteiger partial charge in [-0.3, -0.25) is 4.79 Å². The molecule has 2 heterocycles. The Hall–Kier alpha value is -0.650. The summed E-state index contributed by atoms with van der Waals surface area (Å²) in [4.78, 5) is 12.0. The van der Waals surface area contributed by atoms with Crippen molar-refractivity contribution in [3.63, 3.8) is 0 Å². The molecule has 0 bridgehead atoms. The molecule has 2 aliphatic heterocycles. The van der Waals surface area contributed by atoms with Crippen molar-refractivity contribution in [2.75, 3.05) is 32.9 Å². The van der Waals surface area contributed by atoms with Crippen LogP contribution in [-0.4, -0.2) is 51.0 Å². The lowest BCUT2D eigenvalue weighted by Crippen LogP contribution is -2.56. The lowest BCUT2D eigenvalue weighted by atomic mass is 10.0. The molecule has 2 N–H and O–H groups in total. The summed E-state index contributed by atoms with van der Waals surface area (Å²) >= 11 is 0. The van der Waals surface area contributed by atoms with E-state index in [4.69, 9.17) is 9.47 Å². The molecule has 2 fully saturated rings. The molecule has 17 heavy (non-hydrogen) atoms. The zero-order valence-corrected chi connectivity index (χ0v) is 10.4. The predicted octanol–water partition coefficient (Wildman–Crippen LogP) is -0.0939. The molecule has 3 atom stereocenters. The first kappa shape index (κ1) is 12.8. The first-order chi connectivity index (χ1) is 8.27. The molecule has 98 valence electrons. The maximum atomic E-state index is 12.0. The predicted molar refractivity (Wildman–Crippen MR) is 63.8 cm³/mol. The second-order valence-electron chi connectivity index (χ2n) is 4.84. The van der Waals surface area contributed by atoms with Crippen LogP contribution in [0.15, 0.2) is 0 Å². The van der Waals surface area contributed by atoms with E-state index in [2.05, 4.69) is 10.6 Å². The van der Waals surface area contributed by atoms with Gasteiger partial charge in [-0.05, 0) is 25.7 Å². The Morgan fingerprint density at radius 3 is 3.06 bits per heavy atom. The molecule has 0 aliphatic carbocycles. The summed E-state index contributed by atoms with van der Waals surface area (Å²) in [6, 6.07) is -0.215. The Balaban J connectivity index is 1.72. The lowest BCUT2D eigenvalue weighted by Gasteiger charge is -2.30. The summed E-state index contributed by atoms with van der Waals surface area (Å²) in [5.74, 6) is 0.510. The van der Waals surface area contributed by atoms with Crippen molar-refractivity contribution in [3.8, 4) is 0 Å². The van der Waals surface area contributed by atoms with E-state index < -0.39 is 0 Å². The van der Waals surface area contributed by atoms with E-state index in [1.807, 2.05) is 6.92 Å². The summed E-state index contributed by atoms with van der Waals surface area (Å²) < 4.78 is 10.8. The van der Waals surface area contributed by atoms with Crippen molar-refractivity contribution in [3.05, 3.63) is 0 Å². The van der Waals surface area contributed by atoms with Crippen molar-refractivity contribution < 1.29 is 14.3 Å². The molecule has 1 amide bonds. The number of hydrogen-bond donors (Lipinski definition) is 2. The molecule has 0 aromatic carbocycles. The third-order valence-corrected chi connectivity index (χ3v) is 3.42. The molecule has 0 saturated carbocycles. The van der Waals surface area contributed by atoms with Crippen molar-refractivity contribution >= 4 is 5.91 Å². The average molecular weight is 242 g/mol. The van der Waals surface area contributed by atoms with Crippen LogP contribution in [0, 0.1) is 5.92 Å². The smallest absolute Gasteiger partial charge is 0.239 e. The van der Waals surface area contributed by atoms with Crippen LogP contribution in [0.1, 0.15) is 19.8 Å². The molecule has 0 aromatic heterocycles. The van der Waals surface area contributed by atoms with E-state index >= 15 is 0 Å². The van der Waals surface area contributed by atoms with Gasteiger partial charge < -0.3 is 20.1 Å². The van der Waals surface area contributed by atoms with Crippen molar-refractivity contribution in [2.24, 2.45) is 5.92 Å². The fraction of sp³-hybridized carbons (Fsp3) is 0.917. The summed E-state index contributed by atoms with van der Waals surface area (Å²) in [7, 11) is 0. The van der Waals surface area contributed by atoms with E-state index in [-0.39, 0.29) is 18.1 Å². The van der Waals surface area contributed by atoms with Crippen LogP contribution >= 0.6 is 0 Å². The summed E-state index contributed by atoms with van der Waals surface area (Å²) in [6.45, 7) is 5.70. The van der Waals surface area contributed by atoms with Gasteiger partial charge in [0.2, 0.25) is 5.91 Å². The van der Waals surface area contributed by atoms with Crippen molar-refractivity contribution in [1.29, 1.82) is 0 Å². The van der Waals surface area contributed by atoms with Gasteiger partial charge in [0.1, 0.15) is 6.04 Å². The fourth-order valence-electron chi connectivity index (χ4n) is 2.35. The van der Waals surface area contributed by atoms with Crippen LogP contribution in [0.4, 0.5) is 0 Å². The fourth-order valence-corrected chi connectivity index (χ4v) is 2.35. The normalized spacial score (nSPS) is 34.3. The molecule has 0 radical (unpaired) electrons. The molecule has 2 saturated heterocycles. The average Bonchev–Trinajstić information content (AvgIpc) is 2.38. The van der Waals surface area contributed by atoms with E-state index in [1.165, 1.54) is 0 Å². The standard InChI is InChI=1S/C12H22N2O3/c1-9-11(13-4-6-17-9)12(15)14-7-10-3-2-5-16-8-10/h9-11,13H,2-8H2,1H3,(H,14,15)/t9-,10?,11+/m1/s1. The molecular weight excluding hydrogens is 220 g/mol. The highest BCUT2D eigenvalue weighted by molar-refractivity contribution is 5.82. The molecule has 0 spiro atoms. The SMILES string of the molecule is C[C@H]1OCCN[C@@H]1C(=O)NCC1CCCOC1. The zero-order chi connectivity index (χ0) is 12.1. The summed E-state index contributed by atoms with van der Waals surface area (Å²) in [6.07, 6.45) is 2.19. The molecule has 0 aromatic rings. The Morgan fingerprint density at radius 2 is 2.35 bits per heavy atom. The van der Waals surface area contributed by atoms with Crippen LogP contribution in [0.25, 0.3) is 0 Å². The van der Waals surface area contributed by atoms with Crippen LogP contribution in [0.5, 0.6) is 0 Å². The Kier molecular flexibility index (Phi) is 4.76. The van der Waals surface area contributed by atoms with E-state index in [0.29, 0.717) is 19.1 Å². The van der Waals surface area contributed by atoms with Gasteiger partial charge in [-0.1, -0.05) is 0 Å². The minimum atomic E-state index is -0.215. The minimum absolute atomic E-state index is 0.0442. The van der Waals surface area contributed by atoms with E-state index in [0.717, 1.165) is 32.6 Å². The minimum Gasteiger partial charge on any atom is -0.381 e. The first-order valence-electron chi connectivity index (χ1n) is 6.48. The van der Waals surface area contributed by atoms with E-state index in [1.54, 1.807) is 0 Å². The number of ether oxygens (including phenoxy) is 2.